The van der Waals surface area contributed by atoms with E-state index in [1.54, 1.807) is 0 Å². The Morgan fingerprint density at radius 2 is 2.27 bits per heavy atom. The molecule has 1 saturated carbocycles. The number of nitrogens with two attached hydrogens (primary N) is 1. The van der Waals surface area contributed by atoms with Gasteiger partial charge in [0.05, 0.1) is 6.61 Å². The third-order valence-electron chi connectivity index (χ3n) is 2.66. The lowest BCUT2D eigenvalue weighted by Gasteiger charge is -2.23. The van der Waals surface area contributed by atoms with Crippen molar-refractivity contribution >= 4 is 0 Å². The average molecular weight is 158 g/mol. The Balaban J connectivity index is 2.46. The van der Waals surface area contributed by atoms with Gasteiger partial charge < -0.3 is 15.7 Å². The molecule has 11 heavy (non-hydrogen) atoms. The molecule has 0 aromatic heterocycles. The first-order valence-corrected chi connectivity index (χ1v) is 4.13. The second-order valence-corrected chi connectivity index (χ2v) is 3.88. The highest BCUT2D eigenvalue weighted by atomic mass is 16.3. The summed E-state index contributed by atoms with van der Waals surface area (Å²) >= 11 is 0. The van der Waals surface area contributed by atoms with E-state index < -0.39 is 0 Å². The number of nitrogens with zero attached hydrogens (tertiary/aromatic N) is 1. The maximum absolute atomic E-state index is 8.98. The van der Waals surface area contributed by atoms with E-state index in [-0.39, 0.29) is 12.1 Å². The topological polar surface area (TPSA) is 49.5 Å². The monoisotopic (exact) mass is 158 g/mol. The van der Waals surface area contributed by atoms with E-state index in [9.17, 15) is 0 Å². The zero-order valence-electron chi connectivity index (χ0n) is 7.38. The normalized spacial score (nSPS) is 38.5. The fourth-order valence-electron chi connectivity index (χ4n) is 1.71. The van der Waals surface area contributed by atoms with E-state index in [1.165, 1.54) is 0 Å². The predicted octanol–water partition coefficient (Wildman–Crippen LogP) is -0.210. The molecular formula is C8H18N2O. The molecule has 1 aliphatic rings. The molecule has 0 radical (unpaired) electrons. The Bertz CT molecular complexity index is 138. The lowest BCUT2D eigenvalue weighted by molar-refractivity contribution is 0.188. The molecule has 2 unspecified atom stereocenters. The van der Waals surface area contributed by atoms with Gasteiger partial charge in [0.1, 0.15) is 0 Å². The van der Waals surface area contributed by atoms with Gasteiger partial charge in [-0.1, -0.05) is 0 Å². The van der Waals surface area contributed by atoms with Crippen LogP contribution in [0.1, 0.15) is 19.3 Å². The summed E-state index contributed by atoms with van der Waals surface area (Å²) in [5.41, 5.74) is 5.61. The predicted molar refractivity (Wildman–Crippen MR) is 45.3 cm³/mol. The smallest absolute Gasteiger partial charge is 0.0611 e. The summed E-state index contributed by atoms with van der Waals surface area (Å²) < 4.78 is 0. The largest absolute Gasteiger partial charge is 0.394 e. The fourth-order valence-corrected chi connectivity index (χ4v) is 1.71. The quantitative estimate of drug-likeness (QED) is 0.584. The van der Waals surface area contributed by atoms with E-state index in [4.69, 9.17) is 10.8 Å². The van der Waals surface area contributed by atoms with Crippen molar-refractivity contribution in [2.24, 2.45) is 5.73 Å². The third kappa shape index (κ3) is 1.92. The van der Waals surface area contributed by atoms with Crippen molar-refractivity contribution in [2.45, 2.75) is 30.8 Å². The van der Waals surface area contributed by atoms with Crippen molar-refractivity contribution in [3.63, 3.8) is 0 Å². The van der Waals surface area contributed by atoms with Gasteiger partial charge in [-0.3, -0.25) is 0 Å². The second-order valence-electron chi connectivity index (χ2n) is 3.88. The molecular weight excluding hydrogens is 140 g/mol. The Hall–Kier alpha value is -0.120. The van der Waals surface area contributed by atoms with Crippen LogP contribution in [0.5, 0.6) is 0 Å². The van der Waals surface area contributed by atoms with Crippen molar-refractivity contribution in [3.8, 4) is 0 Å². The van der Waals surface area contributed by atoms with Crippen molar-refractivity contribution in [1.82, 2.24) is 4.90 Å². The molecule has 0 aromatic carbocycles. The maximum atomic E-state index is 8.98. The second kappa shape index (κ2) is 3.09. The summed E-state index contributed by atoms with van der Waals surface area (Å²) in [6.07, 6.45) is 2.99. The van der Waals surface area contributed by atoms with Crippen LogP contribution in [0.15, 0.2) is 0 Å². The van der Waals surface area contributed by atoms with Gasteiger partial charge in [-0.15, -0.1) is 0 Å². The minimum Gasteiger partial charge on any atom is -0.394 e. The molecule has 0 spiro atoms. The van der Waals surface area contributed by atoms with Gasteiger partial charge >= 0.3 is 0 Å². The highest BCUT2D eigenvalue weighted by molar-refractivity contribution is 4.95. The van der Waals surface area contributed by atoms with E-state index in [0.29, 0.717) is 6.04 Å². The van der Waals surface area contributed by atoms with E-state index in [2.05, 4.69) is 19.0 Å². The van der Waals surface area contributed by atoms with Gasteiger partial charge in [-0.05, 0) is 33.4 Å². The van der Waals surface area contributed by atoms with Gasteiger partial charge in [-0.2, -0.15) is 0 Å². The lowest BCUT2D eigenvalue weighted by atomic mass is 10.0. The van der Waals surface area contributed by atoms with Crippen molar-refractivity contribution < 1.29 is 5.11 Å². The summed E-state index contributed by atoms with van der Waals surface area (Å²) in [6.45, 7) is 0.122. The molecule has 3 N–H and O–H groups in total. The fraction of sp³-hybridized carbons (Fsp3) is 1.00. The number of aliphatic hydroxyl groups excluding tert-OH is 1. The minimum absolute atomic E-state index is 0.122. The Morgan fingerprint density at radius 1 is 1.64 bits per heavy atom. The van der Waals surface area contributed by atoms with Gasteiger partial charge in [0, 0.05) is 11.6 Å². The van der Waals surface area contributed by atoms with E-state index in [1.807, 2.05) is 0 Å². The molecule has 3 heteroatoms. The Labute approximate surface area is 68.2 Å². The summed E-state index contributed by atoms with van der Waals surface area (Å²) in [6, 6.07) is 0.562. The van der Waals surface area contributed by atoms with Crippen LogP contribution in [0.4, 0.5) is 0 Å². The van der Waals surface area contributed by atoms with Crippen LogP contribution in [0, 0.1) is 0 Å². The van der Waals surface area contributed by atoms with Crippen LogP contribution in [-0.4, -0.2) is 42.3 Å². The number of rotatable bonds is 2. The molecule has 0 aliphatic heterocycles. The zero-order valence-corrected chi connectivity index (χ0v) is 7.38. The molecule has 0 aromatic rings. The van der Waals surface area contributed by atoms with Gasteiger partial charge in [0.15, 0.2) is 0 Å². The molecule has 0 amide bonds. The van der Waals surface area contributed by atoms with Gasteiger partial charge in [0.25, 0.3) is 0 Å². The molecule has 0 saturated heterocycles. The van der Waals surface area contributed by atoms with E-state index in [0.717, 1.165) is 19.3 Å². The highest BCUT2D eigenvalue weighted by Gasteiger charge is 2.35. The van der Waals surface area contributed by atoms with Crippen LogP contribution in [0.25, 0.3) is 0 Å². The standard InChI is InChI=1S/C8H18N2O/c1-10(2)7-3-4-8(9,5-7)6-11/h7,11H,3-6,9H2,1-2H3. The zero-order chi connectivity index (χ0) is 8.48. The van der Waals surface area contributed by atoms with Gasteiger partial charge in [-0.25, -0.2) is 0 Å². The van der Waals surface area contributed by atoms with Crippen molar-refractivity contribution in [1.29, 1.82) is 0 Å². The molecule has 2 atom stereocenters. The Morgan fingerprint density at radius 3 is 2.55 bits per heavy atom. The van der Waals surface area contributed by atoms with Crippen LogP contribution in [0.2, 0.25) is 0 Å². The molecule has 3 nitrogen and oxygen atoms in total. The highest BCUT2D eigenvalue weighted by Crippen LogP contribution is 2.29. The van der Waals surface area contributed by atoms with Crippen molar-refractivity contribution in [2.75, 3.05) is 20.7 Å². The summed E-state index contributed by atoms with van der Waals surface area (Å²) in [5, 5.41) is 8.98. The first kappa shape index (κ1) is 8.97. The van der Waals surface area contributed by atoms with Gasteiger partial charge in [0.2, 0.25) is 0 Å². The molecule has 1 rings (SSSR count). The first-order valence-electron chi connectivity index (χ1n) is 4.13. The van der Waals surface area contributed by atoms with Crippen LogP contribution in [0.3, 0.4) is 0 Å². The summed E-state index contributed by atoms with van der Waals surface area (Å²) in [5.74, 6) is 0. The van der Waals surface area contributed by atoms with Crippen LogP contribution < -0.4 is 5.73 Å². The average Bonchev–Trinajstić information content (AvgIpc) is 2.33. The summed E-state index contributed by atoms with van der Waals surface area (Å²) in [4.78, 5) is 2.18. The van der Waals surface area contributed by atoms with Crippen LogP contribution >= 0.6 is 0 Å². The molecule has 1 fully saturated rings. The number of hydrogen-bond acceptors (Lipinski definition) is 3. The Kier molecular flexibility index (Phi) is 2.52. The minimum atomic E-state index is -0.297. The van der Waals surface area contributed by atoms with Crippen LogP contribution in [-0.2, 0) is 0 Å². The molecule has 1 aliphatic carbocycles. The first-order chi connectivity index (χ1) is 5.07. The number of hydrogen-bond donors (Lipinski definition) is 2. The molecule has 66 valence electrons. The number of aliphatic hydroxyl groups is 1. The summed E-state index contributed by atoms with van der Waals surface area (Å²) in [7, 11) is 4.13. The lowest BCUT2D eigenvalue weighted by Crippen LogP contribution is -2.42. The third-order valence-corrected chi connectivity index (χ3v) is 2.66. The van der Waals surface area contributed by atoms with Crippen molar-refractivity contribution in [3.05, 3.63) is 0 Å². The molecule has 0 heterocycles. The maximum Gasteiger partial charge on any atom is 0.0611 e. The van der Waals surface area contributed by atoms with E-state index >= 15 is 0 Å². The SMILES string of the molecule is CN(C)C1CCC(N)(CO)C1. The molecule has 0 bridgehead atoms.